The standard InChI is InChI=1S/C18H24N4O4/c1-2-9-19-17(24)15-10-22(13-5-3-4-6-14(13)26-15)11-16(23)21-18(25)20-12-7-8-12/h3-6,12,15H,2,7-11H2,1H3,(H,19,24)(H2,20,21,23,25)/t15-/m1/s1. The summed E-state index contributed by atoms with van der Waals surface area (Å²) < 4.78 is 5.78. The minimum Gasteiger partial charge on any atom is -0.477 e. The Balaban J connectivity index is 1.64. The van der Waals surface area contributed by atoms with Crippen LogP contribution >= 0.6 is 0 Å². The molecular weight excluding hydrogens is 336 g/mol. The summed E-state index contributed by atoms with van der Waals surface area (Å²) in [6.45, 7) is 2.75. The molecule has 1 aromatic rings. The number of hydrogen-bond acceptors (Lipinski definition) is 5. The van der Waals surface area contributed by atoms with Gasteiger partial charge in [-0.25, -0.2) is 4.79 Å². The first kappa shape index (κ1) is 18.0. The van der Waals surface area contributed by atoms with Crippen LogP contribution in [0.1, 0.15) is 26.2 Å². The third-order valence-electron chi connectivity index (χ3n) is 4.20. The minimum absolute atomic E-state index is 0.0317. The fraction of sp³-hybridized carbons (Fsp3) is 0.500. The Hall–Kier alpha value is -2.77. The van der Waals surface area contributed by atoms with Crippen LogP contribution in [0, 0.1) is 0 Å². The topological polar surface area (TPSA) is 99.8 Å². The highest BCUT2D eigenvalue weighted by Crippen LogP contribution is 2.32. The molecule has 3 rings (SSSR count). The summed E-state index contributed by atoms with van der Waals surface area (Å²) in [5, 5.41) is 7.86. The fourth-order valence-corrected chi connectivity index (χ4v) is 2.74. The molecule has 1 aliphatic heterocycles. The second-order valence-electron chi connectivity index (χ2n) is 6.54. The maximum absolute atomic E-state index is 12.3. The molecule has 0 bridgehead atoms. The summed E-state index contributed by atoms with van der Waals surface area (Å²) in [6.07, 6.45) is 2.03. The predicted octanol–water partition coefficient (Wildman–Crippen LogP) is 0.768. The highest BCUT2D eigenvalue weighted by atomic mass is 16.5. The molecule has 1 aromatic carbocycles. The second kappa shape index (κ2) is 8.07. The highest BCUT2D eigenvalue weighted by Gasteiger charge is 2.32. The van der Waals surface area contributed by atoms with Crippen LogP contribution in [-0.4, -0.2) is 49.6 Å². The highest BCUT2D eigenvalue weighted by molar-refractivity contribution is 5.97. The lowest BCUT2D eigenvalue weighted by molar-refractivity contribution is -0.128. The summed E-state index contributed by atoms with van der Waals surface area (Å²) in [5.41, 5.74) is 0.727. The van der Waals surface area contributed by atoms with Gasteiger partial charge in [-0.3, -0.25) is 14.9 Å². The molecule has 0 radical (unpaired) electrons. The average molecular weight is 360 g/mol. The quantitative estimate of drug-likeness (QED) is 0.696. The van der Waals surface area contributed by atoms with E-state index >= 15 is 0 Å². The summed E-state index contributed by atoms with van der Waals surface area (Å²) in [5.74, 6) is -0.0866. The Kier molecular flexibility index (Phi) is 5.60. The molecular formula is C18H24N4O4. The third-order valence-corrected chi connectivity index (χ3v) is 4.20. The van der Waals surface area contributed by atoms with Crippen molar-refractivity contribution in [3.05, 3.63) is 24.3 Å². The van der Waals surface area contributed by atoms with E-state index in [1.165, 1.54) is 0 Å². The van der Waals surface area contributed by atoms with Crippen LogP contribution in [0.25, 0.3) is 0 Å². The number of benzene rings is 1. The van der Waals surface area contributed by atoms with Gasteiger partial charge in [-0.15, -0.1) is 0 Å². The Morgan fingerprint density at radius 1 is 1.23 bits per heavy atom. The van der Waals surface area contributed by atoms with Crippen LogP contribution in [0.3, 0.4) is 0 Å². The molecule has 1 aliphatic carbocycles. The van der Waals surface area contributed by atoms with Gasteiger partial charge in [-0.05, 0) is 31.4 Å². The molecule has 4 amide bonds. The summed E-state index contributed by atoms with van der Waals surface area (Å²) in [7, 11) is 0. The Bertz CT molecular complexity index is 690. The summed E-state index contributed by atoms with van der Waals surface area (Å²) in [6, 6.07) is 6.94. The smallest absolute Gasteiger partial charge is 0.321 e. The number of amides is 4. The number of urea groups is 1. The third kappa shape index (κ3) is 4.65. The number of carbonyl (C=O) groups excluding carboxylic acids is 3. The van der Waals surface area contributed by atoms with E-state index in [0.29, 0.717) is 12.3 Å². The van der Waals surface area contributed by atoms with Gasteiger partial charge >= 0.3 is 6.03 Å². The molecule has 0 spiro atoms. The molecule has 1 fully saturated rings. The molecule has 1 atom stereocenters. The van der Waals surface area contributed by atoms with Crippen molar-refractivity contribution in [2.75, 3.05) is 24.5 Å². The molecule has 3 N–H and O–H groups in total. The van der Waals surface area contributed by atoms with Gasteiger partial charge in [0.05, 0.1) is 18.8 Å². The van der Waals surface area contributed by atoms with Crippen molar-refractivity contribution in [2.24, 2.45) is 0 Å². The van der Waals surface area contributed by atoms with E-state index in [9.17, 15) is 14.4 Å². The summed E-state index contributed by atoms with van der Waals surface area (Å²) >= 11 is 0. The van der Waals surface area contributed by atoms with Gasteiger partial charge in [0.2, 0.25) is 5.91 Å². The summed E-state index contributed by atoms with van der Waals surface area (Å²) in [4.78, 5) is 38.0. The van der Waals surface area contributed by atoms with Gasteiger partial charge in [0.1, 0.15) is 5.75 Å². The Morgan fingerprint density at radius 3 is 2.73 bits per heavy atom. The van der Waals surface area contributed by atoms with Crippen molar-refractivity contribution in [3.8, 4) is 5.75 Å². The molecule has 0 unspecified atom stereocenters. The van der Waals surface area contributed by atoms with Crippen LogP contribution < -0.4 is 25.6 Å². The van der Waals surface area contributed by atoms with Gasteiger partial charge < -0.3 is 20.3 Å². The van der Waals surface area contributed by atoms with Crippen LogP contribution in [-0.2, 0) is 9.59 Å². The van der Waals surface area contributed by atoms with E-state index in [1.807, 2.05) is 25.1 Å². The molecule has 8 heteroatoms. The normalized spacial score (nSPS) is 18.3. The van der Waals surface area contributed by atoms with Crippen molar-refractivity contribution < 1.29 is 19.1 Å². The van der Waals surface area contributed by atoms with Crippen molar-refractivity contribution >= 4 is 23.5 Å². The van der Waals surface area contributed by atoms with Gasteiger partial charge in [0, 0.05) is 12.6 Å². The number of imide groups is 1. The lowest BCUT2D eigenvalue weighted by Crippen LogP contribution is -2.52. The minimum atomic E-state index is -0.704. The first-order valence-corrected chi connectivity index (χ1v) is 8.95. The number of carbonyl (C=O) groups is 3. The first-order chi connectivity index (χ1) is 12.6. The number of fused-ring (bicyclic) bond motifs is 1. The van der Waals surface area contributed by atoms with Crippen LogP contribution in [0.5, 0.6) is 5.75 Å². The molecule has 1 saturated carbocycles. The molecule has 0 saturated heterocycles. The van der Waals surface area contributed by atoms with Gasteiger partial charge in [0.15, 0.2) is 6.10 Å². The zero-order chi connectivity index (χ0) is 18.5. The largest absolute Gasteiger partial charge is 0.477 e. The lowest BCUT2D eigenvalue weighted by atomic mass is 10.1. The Morgan fingerprint density at radius 2 is 2.00 bits per heavy atom. The van der Waals surface area contributed by atoms with Gasteiger partial charge in [-0.1, -0.05) is 19.1 Å². The van der Waals surface area contributed by atoms with Crippen LogP contribution in [0.2, 0.25) is 0 Å². The number of para-hydroxylation sites is 2. The first-order valence-electron chi connectivity index (χ1n) is 8.95. The maximum atomic E-state index is 12.3. The SMILES string of the molecule is CCCNC(=O)[C@H]1CN(CC(=O)NC(=O)NC2CC2)c2ccccc2O1. The maximum Gasteiger partial charge on any atom is 0.321 e. The van der Waals surface area contributed by atoms with E-state index in [2.05, 4.69) is 16.0 Å². The number of anilines is 1. The molecule has 1 heterocycles. The van der Waals surface area contributed by atoms with E-state index in [0.717, 1.165) is 24.9 Å². The van der Waals surface area contributed by atoms with E-state index in [4.69, 9.17) is 4.74 Å². The molecule has 0 aromatic heterocycles. The van der Waals surface area contributed by atoms with E-state index in [1.54, 1.807) is 11.0 Å². The second-order valence-corrected chi connectivity index (χ2v) is 6.54. The molecule has 140 valence electrons. The van der Waals surface area contributed by atoms with E-state index in [-0.39, 0.29) is 25.0 Å². The Labute approximate surface area is 152 Å². The predicted molar refractivity (Wildman–Crippen MR) is 96.1 cm³/mol. The molecule has 8 nitrogen and oxygen atoms in total. The molecule has 26 heavy (non-hydrogen) atoms. The van der Waals surface area contributed by atoms with Crippen molar-refractivity contribution in [2.45, 2.75) is 38.3 Å². The zero-order valence-corrected chi connectivity index (χ0v) is 14.8. The van der Waals surface area contributed by atoms with Crippen molar-refractivity contribution in [1.29, 1.82) is 0 Å². The van der Waals surface area contributed by atoms with Crippen LogP contribution in [0.15, 0.2) is 24.3 Å². The van der Waals surface area contributed by atoms with Crippen molar-refractivity contribution in [3.63, 3.8) is 0 Å². The number of nitrogens with one attached hydrogen (secondary N) is 3. The average Bonchev–Trinajstić information content (AvgIpc) is 3.43. The monoisotopic (exact) mass is 360 g/mol. The zero-order valence-electron chi connectivity index (χ0n) is 14.8. The van der Waals surface area contributed by atoms with Gasteiger partial charge in [0.25, 0.3) is 5.91 Å². The number of hydrogen-bond donors (Lipinski definition) is 3. The van der Waals surface area contributed by atoms with Crippen LogP contribution in [0.4, 0.5) is 10.5 Å². The van der Waals surface area contributed by atoms with Gasteiger partial charge in [-0.2, -0.15) is 0 Å². The number of nitrogens with zero attached hydrogens (tertiary/aromatic N) is 1. The van der Waals surface area contributed by atoms with E-state index < -0.39 is 18.0 Å². The number of ether oxygens (including phenoxy) is 1. The molecule has 2 aliphatic rings. The fourth-order valence-electron chi connectivity index (χ4n) is 2.74. The lowest BCUT2D eigenvalue weighted by Gasteiger charge is -2.35. The van der Waals surface area contributed by atoms with Crippen molar-refractivity contribution in [1.82, 2.24) is 16.0 Å². The number of rotatable bonds is 6.